The minimum Gasteiger partial charge on any atom is -0.463 e. The third kappa shape index (κ3) is 3.42. The summed E-state index contributed by atoms with van der Waals surface area (Å²) in [5.41, 5.74) is 6.84. The van der Waals surface area contributed by atoms with E-state index in [9.17, 15) is 4.79 Å². The molecule has 0 atom stereocenters. The third-order valence-corrected chi connectivity index (χ3v) is 3.44. The van der Waals surface area contributed by atoms with Crippen LogP contribution in [0.4, 0.5) is 5.82 Å². The van der Waals surface area contributed by atoms with E-state index < -0.39 is 0 Å². The fourth-order valence-corrected chi connectivity index (χ4v) is 2.39. The topological polar surface area (TPSA) is 65.2 Å². The molecule has 0 unspecified atom stereocenters. The molecule has 2 N–H and O–H groups in total. The molecule has 98 valence electrons. The van der Waals surface area contributed by atoms with E-state index in [0.717, 1.165) is 15.4 Å². The smallest absolute Gasteiger partial charge is 0.330 e. The number of thiazole rings is 1. The fraction of sp³-hybridized carbons (Fsp3) is 0.143. The van der Waals surface area contributed by atoms with Crippen LogP contribution < -0.4 is 5.73 Å². The zero-order chi connectivity index (χ0) is 13.7. The number of nitrogens with two attached hydrogens (primary N) is 1. The Hall–Kier alpha value is -2.14. The second kappa shape index (κ2) is 6.15. The lowest BCUT2D eigenvalue weighted by atomic mass is 10.2. The second-order valence-corrected chi connectivity index (χ2v) is 4.75. The third-order valence-electron chi connectivity index (χ3n) is 2.36. The maximum atomic E-state index is 11.2. The number of esters is 1. The predicted octanol–water partition coefficient (Wildman–Crippen LogP) is 2.97. The summed E-state index contributed by atoms with van der Waals surface area (Å²) in [6.45, 7) is 2.12. The summed E-state index contributed by atoms with van der Waals surface area (Å²) in [6, 6.07) is 9.78. The lowest BCUT2D eigenvalue weighted by Crippen LogP contribution is -1.98. The Morgan fingerprint density at radius 1 is 1.42 bits per heavy atom. The summed E-state index contributed by atoms with van der Waals surface area (Å²) in [5, 5.41) is 0.835. The number of nitrogen functional groups attached to an aromatic ring is 1. The maximum absolute atomic E-state index is 11.2. The molecular weight excluding hydrogens is 260 g/mol. The van der Waals surface area contributed by atoms with Crippen molar-refractivity contribution in [1.82, 2.24) is 4.98 Å². The first-order valence-electron chi connectivity index (χ1n) is 5.87. The Balaban J connectivity index is 2.20. The van der Waals surface area contributed by atoms with Gasteiger partial charge in [0, 0.05) is 11.6 Å². The zero-order valence-corrected chi connectivity index (χ0v) is 11.3. The van der Waals surface area contributed by atoms with E-state index in [-0.39, 0.29) is 5.97 Å². The van der Waals surface area contributed by atoms with Gasteiger partial charge in [-0.05, 0) is 13.0 Å². The minimum atomic E-state index is -0.378. The molecule has 0 spiro atoms. The molecule has 0 fully saturated rings. The molecule has 0 bridgehead atoms. The number of nitrogens with zero attached hydrogens (tertiary/aromatic N) is 1. The van der Waals surface area contributed by atoms with E-state index in [2.05, 4.69) is 4.98 Å². The summed E-state index contributed by atoms with van der Waals surface area (Å²) in [5.74, 6) is 0.0426. The Labute approximate surface area is 115 Å². The molecule has 0 saturated carbocycles. The van der Waals surface area contributed by atoms with Crippen LogP contribution in [0.5, 0.6) is 0 Å². The van der Waals surface area contributed by atoms with E-state index in [1.165, 1.54) is 17.4 Å². The van der Waals surface area contributed by atoms with Gasteiger partial charge in [0.1, 0.15) is 10.8 Å². The average Bonchev–Trinajstić information content (AvgIpc) is 2.79. The number of ether oxygens (including phenoxy) is 1. The van der Waals surface area contributed by atoms with Crippen LogP contribution in [-0.4, -0.2) is 17.6 Å². The lowest BCUT2D eigenvalue weighted by Gasteiger charge is -1.93. The van der Waals surface area contributed by atoms with Crippen molar-refractivity contribution >= 4 is 29.2 Å². The van der Waals surface area contributed by atoms with Crippen molar-refractivity contribution in [3.8, 4) is 10.6 Å². The Morgan fingerprint density at radius 2 is 2.16 bits per heavy atom. The summed E-state index contributed by atoms with van der Waals surface area (Å²) in [7, 11) is 0. The number of carbonyl (C=O) groups excluding carboxylic acids is 1. The number of aromatic nitrogens is 1. The minimum absolute atomic E-state index is 0.358. The van der Waals surface area contributed by atoms with E-state index in [1.807, 2.05) is 30.3 Å². The van der Waals surface area contributed by atoms with Gasteiger partial charge < -0.3 is 10.5 Å². The molecule has 0 saturated heterocycles. The van der Waals surface area contributed by atoms with Gasteiger partial charge in [-0.3, -0.25) is 0 Å². The second-order valence-electron chi connectivity index (χ2n) is 3.72. The number of benzene rings is 1. The van der Waals surface area contributed by atoms with Gasteiger partial charge in [0.15, 0.2) is 0 Å². The van der Waals surface area contributed by atoms with Crippen LogP contribution >= 0.6 is 11.3 Å². The highest BCUT2D eigenvalue weighted by Crippen LogP contribution is 2.30. The average molecular weight is 274 g/mol. The monoisotopic (exact) mass is 274 g/mol. The summed E-state index contributed by atoms with van der Waals surface area (Å²) in [4.78, 5) is 16.3. The number of rotatable bonds is 4. The number of anilines is 1. The molecule has 0 amide bonds. The van der Waals surface area contributed by atoms with Gasteiger partial charge in [-0.15, -0.1) is 11.3 Å². The van der Waals surface area contributed by atoms with Gasteiger partial charge in [-0.25, -0.2) is 9.78 Å². The molecule has 1 heterocycles. The first-order valence-corrected chi connectivity index (χ1v) is 6.69. The van der Waals surface area contributed by atoms with Crippen LogP contribution in [0.3, 0.4) is 0 Å². The van der Waals surface area contributed by atoms with Crippen molar-refractivity contribution in [2.45, 2.75) is 6.92 Å². The van der Waals surface area contributed by atoms with E-state index in [0.29, 0.717) is 12.4 Å². The van der Waals surface area contributed by atoms with Crippen molar-refractivity contribution in [3.63, 3.8) is 0 Å². The number of hydrogen-bond acceptors (Lipinski definition) is 5. The van der Waals surface area contributed by atoms with Crippen LogP contribution in [0.25, 0.3) is 16.6 Å². The zero-order valence-electron chi connectivity index (χ0n) is 10.5. The SMILES string of the molecule is CCOC(=O)/C=C/c1sc(-c2ccccc2)nc1N. The lowest BCUT2D eigenvalue weighted by molar-refractivity contribution is -0.137. The molecule has 0 aliphatic heterocycles. The molecule has 0 aliphatic carbocycles. The number of carbonyl (C=O) groups is 1. The highest BCUT2D eigenvalue weighted by Gasteiger charge is 2.08. The van der Waals surface area contributed by atoms with Crippen LogP contribution in [0.15, 0.2) is 36.4 Å². The van der Waals surface area contributed by atoms with Crippen molar-refractivity contribution in [1.29, 1.82) is 0 Å². The Bertz CT molecular complexity index is 591. The summed E-state index contributed by atoms with van der Waals surface area (Å²) < 4.78 is 4.81. The van der Waals surface area contributed by atoms with Crippen molar-refractivity contribution in [3.05, 3.63) is 41.3 Å². The first-order chi connectivity index (χ1) is 9.20. The summed E-state index contributed by atoms with van der Waals surface area (Å²) in [6.07, 6.45) is 3.00. The largest absolute Gasteiger partial charge is 0.463 e. The molecule has 1 aromatic heterocycles. The van der Waals surface area contributed by atoms with Gasteiger partial charge in [0.05, 0.1) is 11.5 Å². The molecular formula is C14H14N2O2S. The Kier molecular flexibility index (Phi) is 4.30. The van der Waals surface area contributed by atoms with Crippen molar-refractivity contribution in [2.24, 2.45) is 0 Å². The molecule has 0 radical (unpaired) electrons. The van der Waals surface area contributed by atoms with E-state index in [1.54, 1.807) is 13.0 Å². The van der Waals surface area contributed by atoms with E-state index in [4.69, 9.17) is 10.5 Å². The van der Waals surface area contributed by atoms with Gasteiger partial charge in [-0.1, -0.05) is 30.3 Å². The molecule has 0 aliphatic rings. The maximum Gasteiger partial charge on any atom is 0.330 e. The Morgan fingerprint density at radius 3 is 2.84 bits per heavy atom. The molecule has 4 nitrogen and oxygen atoms in total. The quantitative estimate of drug-likeness (QED) is 0.687. The molecule has 2 rings (SSSR count). The van der Waals surface area contributed by atoms with E-state index >= 15 is 0 Å². The summed E-state index contributed by atoms with van der Waals surface area (Å²) >= 11 is 1.44. The normalized spacial score (nSPS) is 10.8. The highest BCUT2D eigenvalue weighted by atomic mass is 32.1. The first kappa shape index (κ1) is 13.3. The van der Waals surface area contributed by atoms with Gasteiger partial charge >= 0.3 is 5.97 Å². The fourth-order valence-electron chi connectivity index (χ4n) is 1.50. The van der Waals surface area contributed by atoms with Gasteiger partial charge in [0.2, 0.25) is 0 Å². The molecule has 19 heavy (non-hydrogen) atoms. The van der Waals surface area contributed by atoms with Crippen LogP contribution in [0, 0.1) is 0 Å². The van der Waals surface area contributed by atoms with Crippen LogP contribution in [0.2, 0.25) is 0 Å². The van der Waals surface area contributed by atoms with Gasteiger partial charge in [0.25, 0.3) is 0 Å². The predicted molar refractivity (Wildman–Crippen MR) is 77.6 cm³/mol. The van der Waals surface area contributed by atoms with Crippen LogP contribution in [-0.2, 0) is 9.53 Å². The standard InChI is InChI=1S/C14H14N2O2S/c1-2-18-12(17)9-8-11-13(15)16-14(19-11)10-6-4-3-5-7-10/h3-9H,2,15H2,1H3/b9-8+. The highest BCUT2D eigenvalue weighted by molar-refractivity contribution is 7.16. The molecule has 1 aromatic carbocycles. The number of hydrogen-bond donors (Lipinski definition) is 1. The van der Waals surface area contributed by atoms with Crippen molar-refractivity contribution in [2.75, 3.05) is 12.3 Å². The molecule has 2 aromatic rings. The van der Waals surface area contributed by atoms with Gasteiger partial charge in [-0.2, -0.15) is 0 Å². The molecule has 5 heteroatoms. The van der Waals surface area contributed by atoms with Crippen molar-refractivity contribution < 1.29 is 9.53 Å². The van der Waals surface area contributed by atoms with Crippen LogP contribution in [0.1, 0.15) is 11.8 Å².